The lowest BCUT2D eigenvalue weighted by atomic mass is 9.91. The van der Waals surface area contributed by atoms with Gasteiger partial charge in [-0.1, -0.05) is 12.1 Å². The maximum atomic E-state index is 13.7. The molecular weight excluding hydrogens is 458 g/mol. The largest absolute Gasteiger partial charge is 0.497 e. The third-order valence-corrected chi connectivity index (χ3v) is 6.24. The van der Waals surface area contributed by atoms with E-state index in [4.69, 9.17) is 23.9 Å². The van der Waals surface area contributed by atoms with Crippen LogP contribution in [0.5, 0.6) is 17.2 Å². The van der Waals surface area contributed by atoms with E-state index in [-0.39, 0.29) is 6.61 Å². The first-order chi connectivity index (χ1) is 17.6. The van der Waals surface area contributed by atoms with E-state index in [2.05, 4.69) is 5.32 Å². The van der Waals surface area contributed by atoms with Crippen LogP contribution >= 0.6 is 0 Å². The lowest BCUT2D eigenvalue weighted by Gasteiger charge is -2.32. The highest BCUT2D eigenvalue weighted by Gasteiger charge is 2.38. The van der Waals surface area contributed by atoms with Crippen molar-refractivity contribution in [3.05, 3.63) is 83.4 Å². The van der Waals surface area contributed by atoms with Gasteiger partial charge in [0.05, 0.1) is 50.2 Å². The van der Waals surface area contributed by atoms with Crippen molar-refractivity contribution in [3.8, 4) is 17.2 Å². The summed E-state index contributed by atoms with van der Waals surface area (Å²) < 4.78 is 24.2. The van der Waals surface area contributed by atoms with Gasteiger partial charge < -0.3 is 24.3 Å². The Bertz CT molecular complexity index is 1460. The zero-order valence-corrected chi connectivity index (χ0v) is 20.6. The lowest BCUT2D eigenvalue weighted by Crippen LogP contribution is -2.29. The van der Waals surface area contributed by atoms with Crippen molar-refractivity contribution in [2.24, 2.45) is 0 Å². The molecule has 36 heavy (non-hydrogen) atoms. The molecule has 0 bridgehead atoms. The molecule has 0 radical (unpaired) electrons. The van der Waals surface area contributed by atoms with E-state index in [1.807, 2.05) is 71.3 Å². The van der Waals surface area contributed by atoms with E-state index in [1.165, 1.54) is 0 Å². The number of carbonyl (C=O) groups is 1. The second-order valence-electron chi connectivity index (χ2n) is 8.17. The fraction of sp³-hybridized carbons (Fsp3) is 0.214. The number of hydrogen-bond acceptors (Lipinski definition) is 7. The number of benzene rings is 3. The molecule has 0 amide bonds. The summed E-state index contributed by atoms with van der Waals surface area (Å²) >= 11 is 0. The van der Waals surface area contributed by atoms with Crippen LogP contribution in [0.2, 0.25) is 0 Å². The van der Waals surface area contributed by atoms with Crippen LogP contribution in [0.1, 0.15) is 24.1 Å². The topological polar surface area (TPSA) is 83.8 Å². The van der Waals surface area contributed by atoms with E-state index in [1.54, 1.807) is 28.3 Å². The predicted octanol–water partition coefficient (Wildman–Crippen LogP) is 5.05. The molecule has 1 aliphatic heterocycles. The number of methoxy groups -OCH3 is 3. The van der Waals surface area contributed by atoms with Crippen molar-refractivity contribution < 1.29 is 23.7 Å². The van der Waals surface area contributed by atoms with Gasteiger partial charge in [-0.25, -0.2) is 9.78 Å². The standard InChI is InChI=1S/C28H27N3O5/c1-5-36-27(32)24-25(17-10-12-18(33-2)13-11-17)30-28-29-21-8-6-7-9-22(21)31(28)26(24)20-16-19(34-3)14-15-23(20)35-4/h6-16,26H,5H2,1-4H3,(H,29,30). The van der Waals surface area contributed by atoms with E-state index in [0.717, 1.165) is 22.2 Å². The average molecular weight is 486 g/mol. The van der Waals surface area contributed by atoms with Gasteiger partial charge in [-0.2, -0.15) is 0 Å². The number of aromatic nitrogens is 2. The molecule has 4 aromatic rings. The third-order valence-electron chi connectivity index (χ3n) is 6.24. The highest BCUT2D eigenvalue weighted by molar-refractivity contribution is 6.03. The zero-order chi connectivity index (χ0) is 25.2. The Kier molecular flexibility index (Phi) is 6.25. The molecule has 1 aromatic heterocycles. The second-order valence-corrected chi connectivity index (χ2v) is 8.17. The molecule has 8 nitrogen and oxygen atoms in total. The van der Waals surface area contributed by atoms with Gasteiger partial charge in [0, 0.05) is 5.56 Å². The van der Waals surface area contributed by atoms with Crippen LogP contribution in [-0.2, 0) is 9.53 Å². The molecule has 1 N–H and O–H groups in total. The van der Waals surface area contributed by atoms with Crippen LogP contribution in [0.4, 0.5) is 5.95 Å². The van der Waals surface area contributed by atoms with Crippen LogP contribution in [0, 0.1) is 0 Å². The number of nitrogens with zero attached hydrogens (tertiary/aromatic N) is 2. The Balaban J connectivity index is 1.85. The number of hydrogen-bond donors (Lipinski definition) is 1. The number of imidazole rings is 1. The van der Waals surface area contributed by atoms with Crippen LogP contribution in [0.25, 0.3) is 16.7 Å². The minimum absolute atomic E-state index is 0.234. The summed E-state index contributed by atoms with van der Waals surface area (Å²) in [4.78, 5) is 18.5. The normalized spacial score (nSPS) is 14.7. The average Bonchev–Trinajstić information content (AvgIpc) is 3.30. The molecule has 184 valence electrons. The quantitative estimate of drug-likeness (QED) is 0.367. The smallest absolute Gasteiger partial charge is 0.338 e. The van der Waals surface area contributed by atoms with Crippen molar-refractivity contribution in [3.63, 3.8) is 0 Å². The van der Waals surface area contributed by atoms with Gasteiger partial charge in [0.25, 0.3) is 0 Å². The highest BCUT2D eigenvalue weighted by Crippen LogP contribution is 2.45. The second kappa shape index (κ2) is 9.65. The van der Waals surface area contributed by atoms with Gasteiger partial charge in [-0.05, 0) is 67.1 Å². The minimum atomic E-state index is -0.602. The molecular formula is C28H27N3O5. The zero-order valence-electron chi connectivity index (χ0n) is 20.6. The Hall–Kier alpha value is -4.46. The highest BCUT2D eigenvalue weighted by atomic mass is 16.5. The number of carbonyl (C=O) groups excluding carboxylic acids is 1. The lowest BCUT2D eigenvalue weighted by molar-refractivity contribution is -0.138. The molecule has 0 aliphatic carbocycles. The summed E-state index contributed by atoms with van der Waals surface area (Å²) in [7, 11) is 4.83. The van der Waals surface area contributed by atoms with E-state index >= 15 is 0 Å². The Morgan fingerprint density at radius 2 is 1.67 bits per heavy atom. The van der Waals surface area contributed by atoms with Crippen LogP contribution in [0.3, 0.4) is 0 Å². The molecule has 0 spiro atoms. The van der Waals surface area contributed by atoms with Crippen LogP contribution < -0.4 is 19.5 Å². The molecule has 1 aliphatic rings. The first kappa shape index (κ1) is 23.3. The SMILES string of the molecule is CCOC(=O)C1=C(c2ccc(OC)cc2)Nc2nc3ccccc3n2C1c1cc(OC)ccc1OC. The molecule has 0 saturated carbocycles. The van der Waals surface area contributed by atoms with Crippen molar-refractivity contribution in [2.75, 3.05) is 33.3 Å². The number of nitrogens with one attached hydrogen (secondary N) is 1. The maximum Gasteiger partial charge on any atom is 0.338 e. The van der Waals surface area contributed by atoms with Crippen LogP contribution in [-0.4, -0.2) is 43.5 Å². The summed E-state index contributed by atoms with van der Waals surface area (Å²) in [5.41, 5.74) is 4.25. The summed E-state index contributed by atoms with van der Waals surface area (Å²) in [6.07, 6.45) is 0. The van der Waals surface area contributed by atoms with Crippen LogP contribution in [0.15, 0.2) is 72.3 Å². The first-order valence-corrected chi connectivity index (χ1v) is 11.6. The van der Waals surface area contributed by atoms with Crippen molar-refractivity contribution in [2.45, 2.75) is 13.0 Å². The summed E-state index contributed by atoms with van der Waals surface area (Å²) in [6.45, 7) is 2.03. The van der Waals surface area contributed by atoms with E-state index in [0.29, 0.717) is 34.5 Å². The number of anilines is 1. The van der Waals surface area contributed by atoms with Crippen molar-refractivity contribution in [1.82, 2.24) is 9.55 Å². The molecule has 1 unspecified atom stereocenters. The number of para-hydroxylation sites is 2. The first-order valence-electron chi connectivity index (χ1n) is 11.6. The number of fused-ring (bicyclic) bond motifs is 3. The summed E-state index contributed by atoms with van der Waals surface area (Å²) in [5.74, 6) is 2.14. The molecule has 1 atom stereocenters. The molecule has 3 aromatic carbocycles. The van der Waals surface area contributed by atoms with E-state index < -0.39 is 12.0 Å². The third kappa shape index (κ3) is 3.90. The Labute approximate surface area is 209 Å². The monoisotopic (exact) mass is 485 g/mol. The number of ether oxygens (including phenoxy) is 4. The van der Waals surface area contributed by atoms with E-state index in [9.17, 15) is 4.79 Å². The Morgan fingerprint density at radius 1 is 0.944 bits per heavy atom. The van der Waals surface area contributed by atoms with Gasteiger partial charge in [0.15, 0.2) is 0 Å². The Morgan fingerprint density at radius 3 is 2.36 bits per heavy atom. The fourth-order valence-electron chi connectivity index (χ4n) is 4.59. The van der Waals surface area contributed by atoms with Crippen molar-refractivity contribution >= 4 is 28.6 Å². The number of rotatable bonds is 7. The molecule has 2 heterocycles. The molecule has 8 heteroatoms. The van der Waals surface area contributed by atoms with Gasteiger partial charge in [-0.3, -0.25) is 4.57 Å². The summed E-state index contributed by atoms with van der Waals surface area (Å²) in [5, 5.41) is 3.41. The van der Waals surface area contributed by atoms with Gasteiger partial charge in [-0.15, -0.1) is 0 Å². The maximum absolute atomic E-state index is 13.7. The summed E-state index contributed by atoms with van der Waals surface area (Å²) in [6, 6.07) is 20.3. The fourth-order valence-corrected chi connectivity index (χ4v) is 4.59. The van der Waals surface area contributed by atoms with Gasteiger partial charge in [0.2, 0.25) is 5.95 Å². The molecule has 0 fully saturated rings. The predicted molar refractivity (Wildman–Crippen MR) is 138 cm³/mol. The molecule has 0 saturated heterocycles. The minimum Gasteiger partial charge on any atom is -0.497 e. The van der Waals surface area contributed by atoms with Gasteiger partial charge >= 0.3 is 5.97 Å². The molecule has 5 rings (SSSR count). The number of esters is 1. The van der Waals surface area contributed by atoms with Gasteiger partial charge in [0.1, 0.15) is 23.3 Å². The van der Waals surface area contributed by atoms with Crippen molar-refractivity contribution in [1.29, 1.82) is 0 Å².